The van der Waals surface area contributed by atoms with Gasteiger partial charge in [0.2, 0.25) is 5.91 Å². The van der Waals surface area contributed by atoms with Crippen molar-refractivity contribution in [2.45, 2.75) is 98.5 Å². The van der Waals surface area contributed by atoms with Crippen LogP contribution in [0.1, 0.15) is 67.4 Å². The summed E-state index contributed by atoms with van der Waals surface area (Å²) in [6.45, 7) is 16.5. The van der Waals surface area contributed by atoms with E-state index >= 15 is 0 Å². The van der Waals surface area contributed by atoms with Crippen LogP contribution < -0.4 is 0 Å². The van der Waals surface area contributed by atoms with Gasteiger partial charge in [-0.15, -0.1) is 0 Å². The lowest BCUT2D eigenvalue weighted by Gasteiger charge is -2.39. The van der Waals surface area contributed by atoms with E-state index in [1.165, 1.54) is 5.57 Å². The minimum Gasteiger partial charge on any atom is -0.447 e. The number of allylic oxidation sites excluding steroid dienone is 2. The van der Waals surface area contributed by atoms with Crippen molar-refractivity contribution in [1.82, 2.24) is 4.90 Å². The van der Waals surface area contributed by atoms with Crippen molar-refractivity contribution in [3.63, 3.8) is 0 Å². The molecule has 1 aromatic rings. The molecule has 1 heterocycles. The number of nitrogens with zero attached hydrogens (tertiary/aromatic N) is 1. The van der Waals surface area contributed by atoms with Gasteiger partial charge in [-0.25, -0.2) is 9.69 Å². The minimum absolute atomic E-state index is 0.122. The van der Waals surface area contributed by atoms with Gasteiger partial charge in [-0.2, -0.15) is 0 Å². The number of Topliss-reactive ketones (excluding diaryl/α,β-unsaturated/α-hetero) is 1. The first-order valence-corrected chi connectivity index (χ1v) is 16.4. The van der Waals surface area contributed by atoms with Crippen LogP contribution in [0, 0.1) is 17.8 Å². The molecule has 1 aliphatic rings. The summed E-state index contributed by atoms with van der Waals surface area (Å²) in [4.78, 5) is 41.0. The highest BCUT2D eigenvalue weighted by Crippen LogP contribution is 2.33. The fourth-order valence-electron chi connectivity index (χ4n) is 5.40. The number of ether oxygens (including phenoxy) is 1. The second kappa shape index (κ2) is 14.1. The Balaban J connectivity index is 2.27. The first kappa shape index (κ1) is 31.0. The maximum atomic E-state index is 13.8. The Bertz CT molecular complexity index is 934. The molecule has 7 heteroatoms. The Morgan fingerprint density at radius 2 is 1.70 bits per heavy atom. The number of cyclic esters (lactones) is 1. The highest BCUT2D eigenvalue weighted by molar-refractivity contribution is 6.73. The summed E-state index contributed by atoms with van der Waals surface area (Å²) in [7, 11) is -2.01. The van der Waals surface area contributed by atoms with Gasteiger partial charge in [-0.3, -0.25) is 9.59 Å². The Hall–Kier alpha value is -2.25. The normalized spacial score (nSPS) is 19.8. The number of ketones is 1. The molecule has 1 aliphatic heterocycles. The molecule has 0 aliphatic carbocycles. The number of carbonyl (C=O) groups excluding carboxylic acids is 3. The molecule has 5 atom stereocenters. The van der Waals surface area contributed by atoms with Crippen molar-refractivity contribution in [3.05, 3.63) is 47.5 Å². The molecule has 0 radical (unpaired) electrons. The van der Waals surface area contributed by atoms with Crippen molar-refractivity contribution in [3.8, 4) is 0 Å². The summed E-state index contributed by atoms with van der Waals surface area (Å²) in [6.07, 6.45) is 2.48. The van der Waals surface area contributed by atoms with Crippen LogP contribution in [0.4, 0.5) is 4.79 Å². The molecule has 1 aromatic carbocycles. The van der Waals surface area contributed by atoms with Crippen molar-refractivity contribution in [1.29, 1.82) is 0 Å². The lowest BCUT2D eigenvalue weighted by molar-refractivity contribution is -0.142. The lowest BCUT2D eigenvalue weighted by Crippen LogP contribution is -2.49. The summed E-state index contributed by atoms with van der Waals surface area (Å²) >= 11 is 0. The average Bonchev–Trinajstić information content (AvgIpc) is 3.27. The second-order valence-electron chi connectivity index (χ2n) is 10.7. The van der Waals surface area contributed by atoms with Gasteiger partial charge in [0.25, 0.3) is 0 Å². The van der Waals surface area contributed by atoms with E-state index in [0.717, 1.165) is 35.0 Å². The molecular formula is C30H47NO5Si. The monoisotopic (exact) mass is 529 g/mol. The van der Waals surface area contributed by atoms with Gasteiger partial charge >= 0.3 is 6.09 Å². The zero-order chi connectivity index (χ0) is 27.8. The van der Waals surface area contributed by atoms with E-state index in [9.17, 15) is 14.4 Å². The summed E-state index contributed by atoms with van der Waals surface area (Å²) in [6, 6.07) is 12.2. The number of hydrogen-bond acceptors (Lipinski definition) is 5. The van der Waals surface area contributed by atoms with Crippen molar-refractivity contribution in [2.75, 3.05) is 6.61 Å². The number of hydrogen-bond donors (Lipinski definition) is 0. The fraction of sp³-hybridized carbons (Fsp3) is 0.633. The summed E-state index contributed by atoms with van der Waals surface area (Å²) in [5.41, 5.74) is 2.27. The molecule has 6 nitrogen and oxygen atoms in total. The summed E-state index contributed by atoms with van der Waals surface area (Å²) < 4.78 is 12.2. The molecule has 37 heavy (non-hydrogen) atoms. The number of amides is 2. The third-order valence-corrected chi connectivity index (χ3v) is 12.9. The summed E-state index contributed by atoms with van der Waals surface area (Å²) in [5.74, 6) is -1.97. The molecule has 0 bridgehead atoms. The fourth-order valence-corrected chi connectivity index (χ4v) is 8.41. The molecule has 1 fully saturated rings. The van der Waals surface area contributed by atoms with E-state index < -0.39 is 38.2 Å². The average molecular weight is 530 g/mol. The third-order valence-electron chi connectivity index (χ3n) is 8.27. The van der Waals surface area contributed by atoms with Crippen LogP contribution in [0.15, 0.2) is 42.0 Å². The van der Waals surface area contributed by atoms with Crippen LogP contribution in [0.3, 0.4) is 0 Å². The van der Waals surface area contributed by atoms with Gasteiger partial charge < -0.3 is 9.16 Å². The zero-order valence-electron chi connectivity index (χ0n) is 24.1. The SMILES string of the molecule is C/C=C(\C)C[C@H](C)[C@H](O[Si](CC)(CC)CC)[C@@H](C)C(=O)[C@H](C)C(=O)N1C(=O)OC[C@@H]1Cc1ccccc1. The first-order valence-electron chi connectivity index (χ1n) is 13.9. The maximum Gasteiger partial charge on any atom is 0.417 e. The number of carbonyl (C=O) groups is 3. The summed E-state index contributed by atoms with van der Waals surface area (Å²) in [5, 5.41) is 0. The zero-order valence-corrected chi connectivity index (χ0v) is 25.1. The molecule has 2 amide bonds. The van der Waals surface area contributed by atoms with Gasteiger partial charge in [0, 0.05) is 5.92 Å². The predicted molar refractivity (Wildman–Crippen MR) is 151 cm³/mol. The van der Waals surface area contributed by atoms with Crippen LogP contribution in [0.2, 0.25) is 18.1 Å². The lowest BCUT2D eigenvalue weighted by atomic mass is 9.83. The minimum atomic E-state index is -2.01. The molecular weight excluding hydrogens is 482 g/mol. The van der Waals surface area contributed by atoms with Gasteiger partial charge in [-0.05, 0) is 63.2 Å². The molecule has 0 spiro atoms. The van der Waals surface area contributed by atoms with E-state index in [4.69, 9.17) is 9.16 Å². The van der Waals surface area contributed by atoms with Crippen LogP contribution in [0.5, 0.6) is 0 Å². The third kappa shape index (κ3) is 7.63. The van der Waals surface area contributed by atoms with Crippen molar-refractivity contribution in [2.24, 2.45) is 17.8 Å². The Kier molecular flexibility index (Phi) is 11.8. The smallest absolute Gasteiger partial charge is 0.417 e. The number of benzene rings is 1. The standard InChI is InChI=1S/C30H47NO5Si/c1-9-21(5)18-22(6)28(36-37(10-2,11-3)12-4)23(7)27(32)24(8)29(33)31-26(20-35-30(31)34)19-25-16-14-13-15-17-25/h9,13-17,22-24,26,28H,10-12,18-20H2,1-8H3/b21-9+/t22-,23-,24-,26-,28-/m0/s1. The van der Waals surface area contributed by atoms with Gasteiger partial charge in [-0.1, -0.05) is 76.6 Å². The van der Waals surface area contributed by atoms with Crippen LogP contribution in [-0.4, -0.2) is 49.8 Å². The quantitative estimate of drug-likeness (QED) is 0.150. The number of rotatable bonds is 14. The molecule has 206 valence electrons. The Morgan fingerprint density at radius 3 is 2.24 bits per heavy atom. The predicted octanol–water partition coefficient (Wildman–Crippen LogP) is 6.80. The molecule has 0 aromatic heterocycles. The molecule has 0 N–H and O–H groups in total. The van der Waals surface area contributed by atoms with Crippen molar-refractivity contribution >= 4 is 26.1 Å². The van der Waals surface area contributed by atoms with E-state index in [-0.39, 0.29) is 24.4 Å². The molecule has 2 rings (SSSR count). The van der Waals surface area contributed by atoms with Crippen LogP contribution in [0.25, 0.3) is 0 Å². The van der Waals surface area contributed by atoms with E-state index in [1.807, 2.05) is 44.2 Å². The van der Waals surface area contributed by atoms with Crippen LogP contribution >= 0.6 is 0 Å². The Labute approximate surface area is 224 Å². The van der Waals surface area contributed by atoms with Gasteiger partial charge in [0.1, 0.15) is 12.4 Å². The van der Waals surface area contributed by atoms with Gasteiger partial charge in [0.15, 0.2) is 8.32 Å². The highest BCUT2D eigenvalue weighted by Gasteiger charge is 2.44. The molecule has 1 saturated heterocycles. The van der Waals surface area contributed by atoms with Crippen LogP contribution in [-0.2, 0) is 25.2 Å². The topological polar surface area (TPSA) is 72.9 Å². The molecule has 0 unspecified atom stereocenters. The van der Waals surface area contributed by atoms with E-state index in [0.29, 0.717) is 6.42 Å². The molecule has 0 saturated carbocycles. The van der Waals surface area contributed by atoms with E-state index in [2.05, 4.69) is 40.7 Å². The largest absolute Gasteiger partial charge is 0.447 e. The Morgan fingerprint density at radius 1 is 1.11 bits per heavy atom. The highest BCUT2D eigenvalue weighted by atomic mass is 28.4. The van der Waals surface area contributed by atoms with Crippen molar-refractivity contribution < 1.29 is 23.5 Å². The van der Waals surface area contributed by atoms with Gasteiger partial charge in [0.05, 0.1) is 18.1 Å². The second-order valence-corrected chi connectivity index (χ2v) is 15.4. The van der Waals surface area contributed by atoms with E-state index in [1.54, 1.807) is 6.92 Å². The maximum absolute atomic E-state index is 13.8. The first-order chi connectivity index (χ1) is 17.5. The number of imide groups is 1.